The van der Waals surface area contributed by atoms with E-state index in [2.05, 4.69) is 5.22 Å². The quantitative estimate of drug-likeness (QED) is 0.339. The predicted molar refractivity (Wildman–Crippen MR) is 33.8 cm³/mol. The zero-order chi connectivity index (χ0) is 5.70. The van der Waals surface area contributed by atoms with Crippen molar-refractivity contribution in [2.75, 3.05) is 13.1 Å². The molecule has 0 fully saturated rings. The van der Waals surface area contributed by atoms with Crippen LogP contribution in [0.2, 0.25) is 0 Å². The van der Waals surface area contributed by atoms with E-state index < -0.39 is 0 Å². The van der Waals surface area contributed by atoms with Gasteiger partial charge in [0.1, 0.15) is 0 Å². The molecule has 0 spiro atoms. The smallest absolute Gasteiger partial charge is 0.0348 e. The number of nitrogens with one attached hydrogen (secondary N) is 1. The van der Waals surface area contributed by atoms with Crippen LogP contribution in [-0.4, -0.2) is 47.7 Å². The topological polar surface area (TPSA) is 39.5 Å². The van der Waals surface area contributed by atoms with Crippen LogP contribution in [0.1, 0.15) is 13.8 Å². The first-order valence-electron chi connectivity index (χ1n) is 2.47. The van der Waals surface area contributed by atoms with E-state index in [1.165, 1.54) is 0 Å². The van der Waals surface area contributed by atoms with E-state index in [-0.39, 0.29) is 29.6 Å². The van der Waals surface area contributed by atoms with Gasteiger partial charge in [-0.3, -0.25) is 5.01 Å². The standard InChI is InChI=1S/C4H11N3.Na/c1-3-7(4-2)6-5;/h5H,3-4H2,1-2H3;. The Morgan fingerprint density at radius 2 is 1.75 bits per heavy atom. The van der Waals surface area contributed by atoms with Gasteiger partial charge in [-0.2, -0.15) is 5.53 Å². The van der Waals surface area contributed by atoms with Gasteiger partial charge in [0, 0.05) is 42.6 Å². The third-order valence-corrected chi connectivity index (χ3v) is 0.871. The molecule has 0 rings (SSSR count). The molecule has 0 unspecified atom stereocenters. The summed E-state index contributed by atoms with van der Waals surface area (Å²) in [6.45, 7) is 5.61. The monoisotopic (exact) mass is 124 g/mol. The summed E-state index contributed by atoms with van der Waals surface area (Å²) in [6, 6.07) is 0. The van der Waals surface area contributed by atoms with Crippen molar-refractivity contribution in [1.82, 2.24) is 5.01 Å². The van der Waals surface area contributed by atoms with Crippen molar-refractivity contribution in [3.05, 3.63) is 0 Å². The molecule has 0 aromatic rings. The summed E-state index contributed by atoms with van der Waals surface area (Å²) in [6.07, 6.45) is 0. The normalized spacial score (nSPS) is 7.25. The van der Waals surface area contributed by atoms with Gasteiger partial charge in [0.05, 0.1) is 0 Å². The molecule has 0 aliphatic carbocycles. The predicted octanol–water partition coefficient (Wildman–Crippen LogP) is 0.893. The maximum atomic E-state index is 6.51. The fourth-order valence-electron chi connectivity index (χ4n) is 0.365. The van der Waals surface area contributed by atoms with Crippen LogP contribution in [0.5, 0.6) is 0 Å². The number of hydrogen-bond acceptors (Lipinski definition) is 2. The SMILES string of the molecule is CCN(CC)N=N.[Na]. The Morgan fingerprint density at radius 1 is 1.38 bits per heavy atom. The van der Waals surface area contributed by atoms with Gasteiger partial charge in [-0.25, -0.2) is 0 Å². The van der Waals surface area contributed by atoms with Crippen molar-refractivity contribution in [3.63, 3.8) is 0 Å². The minimum absolute atomic E-state index is 0. The molecular weight excluding hydrogens is 113 g/mol. The maximum Gasteiger partial charge on any atom is 0.0348 e. The van der Waals surface area contributed by atoms with Gasteiger partial charge in [0.2, 0.25) is 0 Å². The molecule has 0 saturated carbocycles. The summed E-state index contributed by atoms with van der Waals surface area (Å²) in [5.41, 5.74) is 6.51. The zero-order valence-electron chi connectivity index (χ0n) is 5.81. The Labute approximate surface area is 72.2 Å². The summed E-state index contributed by atoms with van der Waals surface area (Å²) >= 11 is 0. The van der Waals surface area contributed by atoms with Crippen LogP contribution in [0.3, 0.4) is 0 Å². The third-order valence-electron chi connectivity index (χ3n) is 0.871. The van der Waals surface area contributed by atoms with Gasteiger partial charge >= 0.3 is 0 Å². The zero-order valence-corrected chi connectivity index (χ0v) is 7.81. The van der Waals surface area contributed by atoms with Gasteiger partial charge in [-0.05, 0) is 13.8 Å². The van der Waals surface area contributed by atoms with Crippen LogP contribution in [0.4, 0.5) is 0 Å². The Kier molecular flexibility index (Phi) is 10.4. The van der Waals surface area contributed by atoms with Crippen molar-refractivity contribution in [2.45, 2.75) is 13.8 Å². The van der Waals surface area contributed by atoms with E-state index in [4.69, 9.17) is 5.53 Å². The molecule has 0 bridgehead atoms. The number of rotatable bonds is 3. The molecule has 1 N–H and O–H groups in total. The minimum atomic E-state index is 0. The van der Waals surface area contributed by atoms with E-state index in [0.29, 0.717) is 0 Å². The first-order valence-corrected chi connectivity index (χ1v) is 2.47. The summed E-state index contributed by atoms with van der Waals surface area (Å²) in [5.74, 6) is 0. The van der Waals surface area contributed by atoms with Crippen molar-refractivity contribution in [2.24, 2.45) is 5.22 Å². The van der Waals surface area contributed by atoms with Gasteiger partial charge in [-0.1, -0.05) is 5.22 Å². The molecule has 0 aliphatic rings. The molecule has 4 heteroatoms. The van der Waals surface area contributed by atoms with E-state index in [0.717, 1.165) is 13.1 Å². The second kappa shape index (κ2) is 7.40. The van der Waals surface area contributed by atoms with Crippen LogP contribution in [-0.2, 0) is 0 Å². The summed E-state index contributed by atoms with van der Waals surface area (Å²) in [4.78, 5) is 0. The van der Waals surface area contributed by atoms with Crippen molar-refractivity contribution in [3.8, 4) is 0 Å². The second-order valence-corrected chi connectivity index (χ2v) is 1.24. The molecule has 0 amide bonds. The maximum absolute atomic E-state index is 6.51. The molecule has 8 heavy (non-hydrogen) atoms. The molecular formula is C4H11N3Na. The average molecular weight is 124 g/mol. The molecule has 3 nitrogen and oxygen atoms in total. The van der Waals surface area contributed by atoms with Gasteiger partial charge in [0.15, 0.2) is 0 Å². The second-order valence-electron chi connectivity index (χ2n) is 1.24. The third kappa shape index (κ3) is 4.56. The molecule has 0 saturated heterocycles. The molecule has 0 aromatic heterocycles. The first-order chi connectivity index (χ1) is 3.35. The van der Waals surface area contributed by atoms with Crippen LogP contribution in [0.15, 0.2) is 5.22 Å². The molecule has 0 aromatic carbocycles. The first kappa shape index (κ1) is 11.2. The fraction of sp³-hybridized carbons (Fsp3) is 1.00. The molecule has 0 aliphatic heterocycles. The summed E-state index contributed by atoms with van der Waals surface area (Å²) in [5, 5.41) is 4.88. The van der Waals surface area contributed by atoms with Crippen molar-refractivity contribution < 1.29 is 0 Å². The van der Waals surface area contributed by atoms with Crippen LogP contribution < -0.4 is 0 Å². The molecule has 0 heterocycles. The fourth-order valence-corrected chi connectivity index (χ4v) is 0.365. The Hall–Kier alpha value is 0.400. The number of nitrogens with zero attached hydrogens (tertiary/aromatic N) is 2. The van der Waals surface area contributed by atoms with Gasteiger partial charge in [-0.15, -0.1) is 0 Å². The van der Waals surface area contributed by atoms with Gasteiger partial charge in [0.25, 0.3) is 0 Å². The molecule has 43 valence electrons. The largest absolute Gasteiger partial charge is 0.280 e. The summed E-state index contributed by atoms with van der Waals surface area (Å²) < 4.78 is 0. The summed E-state index contributed by atoms with van der Waals surface area (Å²) in [7, 11) is 0. The number of hydrogen-bond donors (Lipinski definition) is 1. The Morgan fingerprint density at radius 3 is 1.75 bits per heavy atom. The van der Waals surface area contributed by atoms with E-state index in [1.54, 1.807) is 5.01 Å². The molecule has 0 atom stereocenters. The molecule has 1 radical (unpaired) electrons. The van der Waals surface area contributed by atoms with Crippen LogP contribution >= 0.6 is 0 Å². The Bertz CT molecular complexity index is 53.2. The van der Waals surface area contributed by atoms with E-state index >= 15 is 0 Å². The van der Waals surface area contributed by atoms with Crippen LogP contribution in [0.25, 0.3) is 0 Å². The van der Waals surface area contributed by atoms with Gasteiger partial charge < -0.3 is 0 Å². The van der Waals surface area contributed by atoms with E-state index in [9.17, 15) is 0 Å². The van der Waals surface area contributed by atoms with Crippen LogP contribution in [0, 0.1) is 5.53 Å². The minimum Gasteiger partial charge on any atom is -0.280 e. The van der Waals surface area contributed by atoms with Crippen molar-refractivity contribution >= 4 is 29.6 Å². The van der Waals surface area contributed by atoms with E-state index in [1.807, 2.05) is 13.8 Å². The average Bonchev–Trinajstić information content (AvgIpc) is 1.72. The van der Waals surface area contributed by atoms with Crippen molar-refractivity contribution in [1.29, 1.82) is 5.53 Å². The Balaban J connectivity index is 0.